The molecule has 0 saturated carbocycles. The van der Waals surface area contributed by atoms with Gasteiger partial charge in [-0.2, -0.15) is 0 Å². The van der Waals surface area contributed by atoms with Gasteiger partial charge in [0.25, 0.3) is 5.91 Å². The van der Waals surface area contributed by atoms with Crippen molar-refractivity contribution in [3.8, 4) is 0 Å². The normalized spacial score (nSPS) is 20.4. The predicted octanol–water partition coefficient (Wildman–Crippen LogP) is 2.19. The van der Waals surface area contributed by atoms with E-state index in [0.29, 0.717) is 6.04 Å². The standard InChI is InChI=1S/C13H17BrN2O/c1-9-8-16(7-6-15-9)13(17)11-4-3-5-12(14)10(11)2/h3-5,9,15H,6-8H2,1-2H3/t9-/m1/s1. The lowest BCUT2D eigenvalue weighted by atomic mass is 10.1. The van der Waals surface area contributed by atoms with Crippen molar-refractivity contribution in [2.24, 2.45) is 0 Å². The first-order valence-electron chi connectivity index (χ1n) is 5.87. The van der Waals surface area contributed by atoms with Crippen molar-refractivity contribution in [2.45, 2.75) is 19.9 Å². The summed E-state index contributed by atoms with van der Waals surface area (Å²) in [7, 11) is 0. The smallest absolute Gasteiger partial charge is 0.254 e. The van der Waals surface area contributed by atoms with E-state index in [0.717, 1.165) is 35.2 Å². The fourth-order valence-corrected chi connectivity index (χ4v) is 2.49. The molecule has 1 amide bonds. The van der Waals surface area contributed by atoms with E-state index in [9.17, 15) is 4.79 Å². The summed E-state index contributed by atoms with van der Waals surface area (Å²) in [4.78, 5) is 14.3. The van der Waals surface area contributed by atoms with E-state index < -0.39 is 0 Å². The Hall–Kier alpha value is -0.870. The Morgan fingerprint density at radius 2 is 2.29 bits per heavy atom. The molecule has 1 heterocycles. The Morgan fingerprint density at radius 3 is 3.00 bits per heavy atom. The summed E-state index contributed by atoms with van der Waals surface area (Å²) in [6.45, 7) is 6.52. The lowest BCUT2D eigenvalue weighted by Gasteiger charge is -2.32. The molecule has 17 heavy (non-hydrogen) atoms. The van der Waals surface area contributed by atoms with Crippen molar-refractivity contribution in [1.29, 1.82) is 0 Å². The molecule has 4 heteroatoms. The third-order valence-electron chi connectivity index (χ3n) is 3.15. The topological polar surface area (TPSA) is 32.3 Å². The summed E-state index contributed by atoms with van der Waals surface area (Å²) in [5, 5.41) is 3.34. The molecule has 1 atom stereocenters. The zero-order valence-electron chi connectivity index (χ0n) is 10.2. The van der Waals surface area contributed by atoms with Crippen molar-refractivity contribution >= 4 is 21.8 Å². The Balaban J connectivity index is 2.22. The lowest BCUT2D eigenvalue weighted by molar-refractivity contribution is 0.0708. The second-order valence-corrected chi connectivity index (χ2v) is 5.37. The number of nitrogens with one attached hydrogen (secondary N) is 1. The third kappa shape index (κ3) is 2.69. The highest BCUT2D eigenvalue weighted by molar-refractivity contribution is 9.10. The SMILES string of the molecule is Cc1c(Br)cccc1C(=O)N1CCN[C@H](C)C1. The molecule has 1 aromatic carbocycles. The molecule has 1 aliphatic rings. The Morgan fingerprint density at radius 1 is 1.53 bits per heavy atom. The van der Waals surface area contributed by atoms with Crippen LogP contribution < -0.4 is 5.32 Å². The zero-order chi connectivity index (χ0) is 12.4. The van der Waals surface area contributed by atoms with Crippen LogP contribution in [0.1, 0.15) is 22.8 Å². The number of halogens is 1. The number of rotatable bonds is 1. The van der Waals surface area contributed by atoms with Gasteiger partial charge in [-0.15, -0.1) is 0 Å². The molecular formula is C13H17BrN2O. The molecule has 1 aromatic rings. The average Bonchev–Trinajstić information content (AvgIpc) is 2.32. The van der Waals surface area contributed by atoms with Crippen LogP contribution in [0.25, 0.3) is 0 Å². The van der Waals surface area contributed by atoms with Crippen molar-refractivity contribution in [1.82, 2.24) is 10.2 Å². The average molecular weight is 297 g/mol. The van der Waals surface area contributed by atoms with E-state index >= 15 is 0 Å². The van der Waals surface area contributed by atoms with Crippen LogP contribution in [0.4, 0.5) is 0 Å². The highest BCUT2D eigenvalue weighted by Gasteiger charge is 2.22. The monoisotopic (exact) mass is 296 g/mol. The second-order valence-electron chi connectivity index (χ2n) is 4.52. The molecule has 2 rings (SSSR count). The maximum Gasteiger partial charge on any atom is 0.254 e. The van der Waals surface area contributed by atoms with Crippen molar-refractivity contribution in [2.75, 3.05) is 19.6 Å². The number of hydrogen-bond donors (Lipinski definition) is 1. The van der Waals surface area contributed by atoms with Crippen molar-refractivity contribution in [3.63, 3.8) is 0 Å². The summed E-state index contributed by atoms with van der Waals surface area (Å²) >= 11 is 3.47. The van der Waals surface area contributed by atoms with Gasteiger partial charge in [-0.1, -0.05) is 22.0 Å². The summed E-state index contributed by atoms with van der Waals surface area (Å²) < 4.78 is 0.992. The van der Waals surface area contributed by atoms with Gasteiger partial charge >= 0.3 is 0 Å². The minimum atomic E-state index is 0.136. The van der Waals surface area contributed by atoms with Gasteiger partial charge in [-0.3, -0.25) is 4.79 Å². The summed E-state index contributed by atoms with van der Waals surface area (Å²) in [6, 6.07) is 6.15. The minimum Gasteiger partial charge on any atom is -0.336 e. The maximum atomic E-state index is 12.4. The van der Waals surface area contributed by atoms with E-state index in [2.05, 4.69) is 28.2 Å². The van der Waals surface area contributed by atoms with E-state index in [1.807, 2.05) is 30.0 Å². The first-order chi connectivity index (χ1) is 8.09. The van der Waals surface area contributed by atoms with Gasteiger partial charge in [-0.25, -0.2) is 0 Å². The number of carbonyl (C=O) groups excluding carboxylic acids is 1. The van der Waals surface area contributed by atoms with E-state index in [4.69, 9.17) is 0 Å². The summed E-state index contributed by atoms with van der Waals surface area (Å²) in [5.41, 5.74) is 1.82. The highest BCUT2D eigenvalue weighted by atomic mass is 79.9. The molecule has 1 N–H and O–H groups in total. The number of carbonyl (C=O) groups is 1. The zero-order valence-corrected chi connectivity index (χ0v) is 11.8. The number of benzene rings is 1. The van der Waals surface area contributed by atoms with Gasteiger partial charge in [0, 0.05) is 35.7 Å². The van der Waals surface area contributed by atoms with Crippen LogP contribution in [-0.2, 0) is 0 Å². The largest absolute Gasteiger partial charge is 0.336 e. The van der Waals surface area contributed by atoms with Gasteiger partial charge in [0.1, 0.15) is 0 Å². The molecule has 0 radical (unpaired) electrons. The van der Waals surface area contributed by atoms with Crippen LogP contribution in [0.15, 0.2) is 22.7 Å². The maximum absolute atomic E-state index is 12.4. The number of nitrogens with zero attached hydrogens (tertiary/aromatic N) is 1. The first-order valence-corrected chi connectivity index (χ1v) is 6.66. The summed E-state index contributed by atoms with van der Waals surface area (Å²) in [5.74, 6) is 0.136. The predicted molar refractivity (Wildman–Crippen MR) is 72.2 cm³/mol. The van der Waals surface area contributed by atoms with E-state index in [1.54, 1.807) is 0 Å². The lowest BCUT2D eigenvalue weighted by Crippen LogP contribution is -2.51. The van der Waals surface area contributed by atoms with E-state index in [-0.39, 0.29) is 5.91 Å². The number of amides is 1. The molecule has 1 saturated heterocycles. The molecule has 92 valence electrons. The second kappa shape index (κ2) is 5.19. The van der Waals surface area contributed by atoms with Crippen molar-refractivity contribution < 1.29 is 4.79 Å². The molecule has 1 aliphatic heterocycles. The van der Waals surface area contributed by atoms with Gasteiger partial charge in [0.2, 0.25) is 0 Å². The van der Waals surface area contributed by atoms with Gasteiger partial charge < -0.3 is 10.2 Å². The number of hydrogen-bond acceptors (Lipinski definition) is 2. The van der Waals surface area contributed by atoms with Crippen molar-refractivity contribution in [3.05, 3.63) is 33.8 Å². The Kier molecular flexibility index (Phi) is 3.84. The van der Waals surface area contributed by atoms with Crippen LogP contribution in [-0.4, -0.2) is 36.5 Å². The van der Waals surface area contributed by atoms with Crippen LogP contribution in [0.3, 0.4) is 0 Å². The van der Waals surface area contributed by atoms with Gasteiger partial charge in [0.15, 0.2) is 0 Å². The van der Waals surface area contributed by atoms with Crippen LogP contribution in [0, 0.1) is 6.92 Å². The summed E-state index contributed by atoms with van der Waals surface area (Å²) in [6.07, 6.45) is 0. The molecule has 0 spiro atoms. The molecule has 3 nitrogen and oxygen atoms in total. The van der Waals surface area contributed by atoms with Crippen LogP contribution in [0.2, 0.25) is 0 Å². The highest BCUT2D eigenvalue weighted by Crippen LogP contribution is 2.21. The Bertz CT molecular complexity index is 433. The van der Waals surface area contributed by atoms with Crippen LogP contribution in [0.5, 0.6) is 0 Å². The molecule has 0 aromatic heterocycles. The Labute approximate surface area is 110 Å². The van der Waals surface area contributed by atoms with Gasteiger partial charge in [-0.05, 0) is 31.5 Å². The fourth-order valence-electron chi connectivity index (χ4n) is 2.13. The van der Waals surface area contributed by atoms with Gasteiger partial charge in [0.05, 0.1) is 0 Å². The molecule has 0 bridgehead atoms. The van der Waals surface area contributed by atoms with Crippen LogP contribution >= 0.6 is 15.9 Å². The number of piperazine rings is 1. The molecule has 0 unspecified atom stereocenters. The molecular weight excluding hydrogens is 280 g/mol. The minimum absolute atomic E-state index is 0.136. The van der Waals surface area contributed by atoms with E-state index in [1.165, 1.54) is 0 Å². The molecule has 1 fully saturated rings. The molecule has 0 aliphatic carbocycles. The third-order valence-corrected chi connectivity index (χ3v) is 4.01. The fraction of sp³-hybridized carbons (Fsp3) is 0.462. The quantitative estimate of drug-likeness (QED) is 0.862. The first kappa shape index (κ1) is 12.6.